The fraction of sp³-hybridized carbons (Fsp3) is 0.833. The number of likely N-dealkylation sites (N-methyl/N-ethyl adjacent to an activating group) is 1. The quantitative estimate of drug-likeness (QED) is 0.795. The van der Waals surface area contributed by atoms with Crippen LogP contribution in [0.15, 0.2) is 0 Å². The third-order valence-corrected chi connectivity index (χ3v) is 3.17. The number of carbonyl (C=O) groups is 2. The van der Waals surface area contributed by atoms with E-state index in [4.69, 9.17) is 5.73 Å². The van der Waals surface area contributed by atoms with Crippen LogP contribution in [-0.2, 0) is 9.59 Å². The van der Waals surface area contributed by atoms with E-state index < -0.39 is 36.6 Å². The van der Waals surface area contributed by atoms with E-state index in [1.54, 1.807) is 13.8 Å². The Bertz CT molecular complexity index is 352. The molecule has 0 unspecified atom stereocenters. The number of hydrogen-bond acceptors (Lipinski definition) is 3. The standard InChI is InChI=1S/C12H22F3N3O2/c1-5-11(16,6-2)10(20)18(8-12(13,14)15)7-9(19)17(3)4/h5-8,16H2,1-4H3. The van der Waals surface area contributed by atoms with Gasteiger partial charge in [-0.1, -0.05) is 13.8 Å². The largest absolute Gasteiger partial charge is 0.406 e. The van der Waals surface area contributed by atoms with Crippen LogP contribution in [0, 0.1) is 0 Å². The Morgan fingerprint density at radius 1 is 1.10 bits per heavy atom. The summed E-state index contributed by atoms with van der Waals surface area (Å²) in [5.41, 5.74) is 4.45. The number of amides is 2. The second kappa shape index (κ2) is 6.92. The van der Waals surface area contributed by atoms with Gasteiger partial charge in [-0.25, -0.2) is 0 Å². The van der Waals surface area contributed by atoms with Gasteiger partial charge < -0.3 is 15.5 Å². The predicted molar refractivity (Wildman–Crippen MR) is 68.8 cm³/mol. The van der Waals surface area contributed by atoms with Gasteiger partial charge in [-0.3, -0.25) is 9.59 Å². The Kier molecular flexibility index (Phi) is 6.46. The van der Waals surface area contributed by atoms with Crippen LogP contribution >= 0.6 is 0 Å². The Morgan fingerprint density at radius 2 is 1.55 bits per heavy atom. The third kappa shape index (κ3) is 5.36. The van der Waals surface area contributed by atoms with Crippen molar-refractivity contribution in [3.05, 3.63) is 0 Å². The summed E-state index contributed by atoms with van der Waals surface area (Å²) in [5, 5.41) is 0. The van der Waals surface area contributed by atoms with E-state index >= 15 is 0 Å². The average Bonchev–Trinajstić information content (AvgIpc) is 2.34. The summed E-state index contributed by atoms with van der Waals surface area (Å²) < 4.78 is 37.7. The maximum Gasteiger partial charge on any atom is 0.406 e. The van der Waals surface area contributed by atoms with Gasteiger partial charge in [-0.2, -0.15) is 13.2 Å². The lowest BCUT2D eigenvalue weighted by Gasteiger charge is -2.33. The van der Waals surface area contributed by atoms with E-state index in [0.29, 0.717) is 4.90 Å². The second-order valence-electron chi connectivity index (χ2n) is 4.93. The van der Waals surface area contributed by atoms with Crippen LogP contribution in [0.2, 0.25) is 0 Å². The van der Waals surface area contributed by atoms with Crippen molar-refractivity contribution in [3.8, 4) is 0 Å². The molecule has 0 heterocycles. The van der Waals surface area contributed by atoms with Crippen LogP contribution in [0.5, 0.6) is 0 Å². The molecule has 0 fully saturated rings. The number of halogens is 3. The van der Waals surface area contributed by atoms with Crippen LogP contribution < -0.4 is 5.73 Å². The van der Waals surface area contributed by atoms with Crippen molar-refractivity contribution in [2.24, 2.45) is 5.73 Å². The highest BCUT2D eigenvalue weighted by atomic mass is 19.4. The molecular weight excluding hydrogens is 275 g/mol. The molecule has 0 aliphatic heterocycles. The summed E-state index contributed by atoms with van der Waals surface area (Å²) in [6, 6.07) is 0. The lowest BCUT2D eigenvalue weighted by atomic mass is 9.92. The molecule has 0 aliphatic rings. The summed E-state index contributed by atoms with van der Waals surface area (Å²) in [7, 11) is 2.82. The highest BCUT2D eigenvalue weighted by Crippen LogP contribution is 2.21. The SMILES string of the molecule is CCC(N)(CC)C(=O)N(CC(=O)N(C)C)CC(F)(F)F. The maximum atomic E-state index is 12.6. The first-order chi connectivity index (χ1) is 8.96. The summed E-state index contributed by atoms with van der Waals surface area (Å²) in [6.07, 6.45) is -4.18. The minimum absolute atomic E-state index is 0.201. The fourth-order valence-corrected chi connectivity index (χ4v) is 1.59. The van der Waals surface area contributed by atoms with Crippen molar-refractivity contribution in [2.45, 2.75) is 38.4 Å². The summed E-state index contributed by atoms with van der Waals surface area (Å²) in [6.45, 7) is 1.14. The van der Waals surface area contributed by atoms with Gasteiger partial charge in [0.1, 0.15) is 13.1 Å². The second-order valence-corrected chi connectivity index (χ2v) is 4.93. The zero-order chi connectivity index (χ0) is 16.1. The Labute approximate surface area is 116 Å². The first-order valence-corrected chi connectivity index (χ1v) is 6.32. The molecule has 0 bridgehead atoms. The first kappa shape index (κ1) is 18.7. The number of alkyl halides is 3. The minimum atomic E-state index is -4.58. The average molecular weight is 297 g/mol. The molecule has 118 valence electrons. The van der Waals surface area contributed by atoms with Crippen LogP contribution in [0.1, 0.15) is 26.7 Å². The van der Waals surface area contributed by atoms with E-state index in [1.165, 1.54) is 14.1 Å². The van der Waals surface area contributed by atoms with Crippen LogP contribution in [-0.4, -0.2) is 60.5 Å². The molecule has 0 rings (SSSR count). The molecule has 0 spiro atoms. The molecule has 5 nitrogen and oxygen atoms in total. The molecule has 0 saturated carbocycles. The fourth-order valence-electron chi connectivity index (χ4n) is 1.59. The monoisotopic (exact) mass is 297 g/mol. The van der Waals surface area contributed by atoms with E-state index in [0.717, 1.165) is 4.90 Å². The number of carbonyl (C=O) groups excluding carboxylic acids is 2. The van der Waals surface area contributed by atoms with Crippen molar-refractivity contribution >= 4 is 11.8 Å². The Hall–Kier alpha value is -1.31. The van der Waals surface area contributed by atoms with E-state index in [2.05, 4.69) is 0 Å². The lowest BCUT2D eigenvalue weighted by molar-refractivity contribution is -0.167. The van der Waals surface area contributed by atoms with Crippen molar-refractivity contribution < 1.29 is 22.8 Å². The van der Waals surface area contributed by atoms with Gasteiger partial charge in [0, 0.05) is 14.1 Å². The van der Waals surface area contributed by atoms with Gasteiger partial charge in [0.15, 0.2) is 0 Å². The molecular formula is C12H22F3N3O2. The molecule has 8 heteroatoms. The minimum Gasteiger partial charge on any atom is -0.347 e. The number of hydrogen-bond donors (Lipinski definition) is 1. The molecule has 0 aliphatic carbocycles. The maximum absolute atomic E-state index is 12.6. The van der Waals surface area contributed by atoms with Gasteiger partial charge in [-0.05, 0) is 12.8 Å². The molecule has 0 saturated heterocycles. The molecule has 0 aromatic rings. The molecule has 0 atom stereocenters. The normalized spacial score (nSPS) is 12.2. The summed E-state index contributed by atoms with van der Waals surface area (Å²) >= 11 is 0. The predicted octanol–water partition coefficient (Wildman–Crippen LogP) is 0.983. The number of nitrogens with two attached hydrogens (primary N) is 1. The van der Waals surface area contributed by atoms with Crippen molar-refractivity contribution in [2.75, 3.05) is 27.2 Å². The van der Waals surface area contributed by atoms with Gasteiger partial charge in [0.25, 0.3) is 0 Å². The van der Waals surface area contributed by atoms with Crippen molar-refractivity contribution in [1.29, 1.82) is 0 Å². The van der Waals surface area contributed by atoms with Gasteiger partial charge in [0.05, 0.1) is 5.54 Å². The summed E-state index contributed by atoms with van der Waals surface area (Å²) in [5.74, 6) is -1.44. The summed E-state index contributed by atoms with van der Waals surface area (Å²) in [4.78, 5) is 25.4. The number of rotatable bonds is 6. The third-order valence-electron chi connectivity index (χ3n) is 3.17. The van der Waals surface area contributed by atoms with Crippen LogP contribution in [0.4, 0.5) is 13.2 Å². The molecule has 2 N–H and O–H groups in total. The van der Waals surface area contributed by atoms with E-state index in [-0.39, 0.29) is 12.8 Å². The highest BCUT2D eigenvalue weighted by molar-refractivity contribution is 5.90. The zero-order valence-electron chi connectivity index (χ0n) is 12.3. The van der Waals surface area contributed by atoms with E-state index in [1.807, 2.05) is 0 Å². The first-order valence-electron chi connectivity index (χ1n) is 6.32. The van der Waals surface area contributed by atoms with Gasteiger partial charge in [0.2, 0.25) is 11.8 Å². The highest BCUT2D eigenvalue weighted by Gasteiger charge is 2.40. The zero-order valence-corrected chi connectivity index (χ0v) is 12.3. The Balaban J connectivity index is 5.21. The Morgan fingerprint density at radius 3 is 1.85 bits per heavy atom. The molecule has 0 radical (unpaired) electrons. The molecule has 20 heavy (non-hydrogen) atoms. The molecule has 0 aromatic heterocycles. The molecule has 2 amide bonds. The van der Waals surface area contributed by atoms with Crippen LogP contribution in [0.3, 0.4) is 0 Å². The van der Waals surface area contributed by atoms with Crippen LogP contribution in [0.25, 0.3) is 0 Å². The van der Waals surface area contributed by atoms with Gasteiger partial charge in [-0.15, -0.1) is 0 Å². The topological polar surface area (TPSA) is 66.6 Å². The van der Waals surface area contributed by atoms with Gasteiger partial charge >= 0.3 is 6.18 Å². The lowest BCUT2D eigenvalue weighted by Crippen LogP contribution is -2.58. The van der Waals surface area contributed by atoms with Crippen molar-refractivity contribution in [1.82, 2.24) is 9.80 Å². The molecule has 0 aromatic carbocycles. The number of nitrogens with zero attached hydrogens (tertiary/aromatic N) is 2. The smallest absolute Gasteiger partial charge is 0.347 e. The van der Waals surface area contributed by atoms with E-state index in [9.17, 15) is 22.8 Å². The van der Waals surface area contributed by atoms with Crippen molar-refractivity contribution in [3.63, 3.8) is 0 Å².